The summed E-state index contributed by atoms with van der Waals surface area (Å²) in [5, 5.41) is 0. The van der Waals surface area contributed by atoms with Crippen LogP contribution in [0, 0.1) is 33.5 Å². The van der Waals surface area contributed by atoms with Gasteiger partial charge in [-0.1, -0.05) is 53.1 Å². The molecular weight excluding hydrogens is 285 g/mol. The molecule has 23 heavy (non-hydrogen) atoms. The van der Waals surface area contributed by atoms with Crippen molar-refractivity contribution in [3.63, 3.8) is 0 Å². The zero-order valence-corrected chi connectivity index (χ0v) is 15.2. The molecule has 0 bridgehead atoms. The number of aryl methyl sites for hydroxylation is 4. The third kappa shape index (κ3) is 8.51. The average molecular weight is 315 g/mol. The van der Waals surface area contributed by atoms with Crippen LogP contribution >= 0.6 is 0 Å². The number of nitrogens with zero attached hydrogens (tertiary/aromatic N) is 1. The van der Waals surface area contributed by atoms with Crippen LogP contribution in [0.4, 0.5) is 4.39 Å². The van der Waals surface area contributed by atoms with E-state index in [1.54, 1.807) is 13.0 Å². The summed E-state index contributed by atoms with van der Waals surface area (Å²) in [6.45, 7) is 10.6. The summed E-state index contributed by atoms with van der Waals surface area (Å²) >= 11 is 0. The molecule has 2 aromatic rings. The maximum Gasteiger partial charge on any atom is 0.126 e. The summed E-state index contributed by atoms with van der Waals surface area (Å²) in [6.07, 6.45) is 2.83. The zero-order chi connectivity index (χ0) is 17.2. The maximum atomic E-state index is 12.5. The first-order chi connectivity index (χ1) is 10.9. The Labute approximate surface area is 141 Å². The SMILES string of the molecule is CN1CCCC1.Cc1ccc(F)c(C)c1.Cc1cccc(C)c1. The molecule has 0 aromatic heterocycles. The Kier molecular flexibility index (Phi) is 8.57. The average Bonchev–Trinajstić information content (AvgIpc) is 2.95. The van der Waals surface area contributed by atoms with Crippen molar-refractivity contribution in [2.24, 2.45) is 0 Å². The van der Waals surface area contributed by atoms with E-state index in [9.17, 15) is 4.39 Å². The lowest BCUT2D eigenvalue weighted by molar-refractivity contribution is 0.418. The molecule has 1 saturated heterocycles. The highest BCUT2D eigenvalue weighted by Crippen LogP contribution is 2.07. The van der Waals surface area contributed by atoms with E-state index in [0.717, 1.165) is 11.1 Å². The molecule has 2 aromatic carbocycles. The Bertz CT molecular complexity index is 569. The predicted molar refractivity (Wildman–Crippen MR) is 98.5 cm³/mol. The molecule has 1 heterocycles. The minimum atomic E-state index is -0.124. The lowest BCUT2D eigenvalue weighted by Gasteiger charge is -2.01. The van der Waals surface area contributed by atoms with Gasteiger partial charge in [-0.2, -0.15) is 0 Å². The van der Waals surface area contributed by atoms with Gasteiger partial charge < -0.3 is 4.90 Å². The molecule has 0 saturated carbocycles. The summed E-state index contributed by atoms with van der Waals surface area (Å²) in [5.74, 6) is -0.124. The monoisotopic (exact) mass is 315 g/mol. The third-order valence-electron chi connectivity index (χ3n) is 3.82. The molecule has 1 aliphatic rings. The van der Waals surface area contributed by atoms with E-state index in [-0.39, 0.29) is 5.82 Å². The van der Waals surface area contributed by atoms with E-state index in [4.69, 9.17) is 0 Å². The maximum absolute atomic E-state index is 12.5. The molecule has 2 heteroatoms. The molecular formula is C21H30FN. The second-order valence-corrected chi connectivity index (χ2v) is 6.42. The number of benzene rings is 2. The Balaban J connectivity index is 0.000000176. The normalized spacial score (nSPS) is 13.7. The first kappa shape index (κ1) is 19.4. The van der Waals surface area contributed by atoms with Gasteiger partial charge in [-0.3, -0.25) is 0 Å². The van der Waals surface area contributed by atoms with Crippen molar-refractivity contribution in [1.82, 2.24) is 4.90 Å². The van der Waals surface area contributed by atoms with Crippen LogP contribution in [0.25, 0.3) is 0 Å². The van der Waals surface area contributed by atoms with E-state index in [1.807, 2.05) is 13.0 Å². The Morgan fingerprint density at radius 2 is 1.30 bits per heavy atom. The van der Waals surface area contributed by atoms with Crippen LogP contribution in [-0.4, -0.2) is 25.0 Å². The van der Waals surface area contributed by atoms with Crippen LogP contribution in [0.1, 0.15) is 35.1 Å². The van der Waals surface area contributed by atoms with Crippen molar-refractivity contribution < 1.29 is 4.39 Å². The highest BCUT2D eigenvalue weighted by molar-refractivity contribution is 5.22. The van der Waals surface area contributed by atoms with Crippen LogP contribution in [0.5, 0.6) is 0 Å². The summed E-state index contributed by atoms with van der Waals surface area (Å²) in [6, 6.07) is 13.5. The van der Waals surface area contributed by atoms with Gasteiger partial charge in [-0.15, -0.1) is 0 Å². The quantitative estimate of drug-likeness (QED) is 0.624. The highest BCUT2D eigenvalue weighted by atomic mass is 19.1. The van der Waals surface area contributed by atoms with Crippen LogP contribution in [0.15, 0.2) is 42.5 Å². The molecule has 1 aliphatic heterocycles. The Morgan fingerprint density at radius 1 is 0.783 bits per heavy atom. The summed E-state index contributed by atoms with van der Waals surface area (Å²) in [4.78, 5) is 2.36. The van der Waals surface area contributed by atoms with Crippen molar-refractivity contribution in [1.29, 1.82) is 0 Å². The summed E-state index contributed by atoms with van der Waals surface area (Å²) in [7, 11) is 2.17. The molecule has 1 fully saturated rings. The minimum Gasteiger partial charge on any atom is -0.306 e. The predicted octanol–water partition coefficient (Wildman–Crippen LogP) is 5.46. The molecule has 0 amide bonds. The fraction of sp³-hybridized carbons (Fsp3) is 0.429. The van der Waals surface area contributed by atoms with Gasteiger partial charge >= 0.3 is 0 Å². The molecule has 0 unspecified atom stereocenters. The minimum absolute atomic E-state index is 0.124. The molecule has 0 N–H and O–H groups in total. The molecule has 0 atom stereocenters. The number of likely N-dealkylation sites (tertiary alicyclic amines) is 1. The Morgan fingerprint density at radius 3 is 1.61 bits per heavy atom. The van der Waals surface area contributed by atoms with Crippen LogP contribution in [0.2, 0.25) is 0 Å². The highest BCUT2D eigenvalue weighted by Gasteiger charge is 2.03. The van der Waals surface area contributed by atoms with Crippen molar-refractivity contribution in [2.75, 3.05) is 20.1 Å². The van der Waals surface area contributed by atoms with E-state index in [0.29, 0.717) is 0 Å². The molecule has 0 spiro atoms. The Hall–Kier alpha value is -1.67. The summed E-state index contributed by atoms with van der Waals surface area (Å²) < 4.78 is 12.5. The van der Waals surface area contributed by atoms with Crippen LogP contribution < -0.4 is 0 Å². The molecule has 126 valence electrons. The smallest absolute Gasteiger partial charge is 0.126 e. The van der Waals surface area contributed by atoms with Gasteiger partial charge in [0.05, 0.1) is 0 Å². The number of halogens is 1. The summed E-state index contributed by atoms with van der Waals surface area (Å²) in [5.41, 5.74) is 4.50. The van der Waals surface area contributed by atoms with E-state index < -0.39 is 0 Å². The lowest BCUT2D eigenvalue weighted by Crippen LogP contribution is -2.10. The number of hydrogen-bond donors (Lipinski definition) is 0. The zero-order valence-electron chi connectivity index (χ0n) is 15.2. The second-order valence-electron chi connectivity index (χ2n) is 6.42. The van der Waals surface area contributed by atoms with Crippen molar-refractivity contribution >= 4 is 0 Å². The van der Waals surface area contributed by atoms with Crippen LogP contribution in [-0.2, 0) is 0 Å². The van der Waals surface area contributed by atoms with Crippen LogP contribution in [0.3, 0.4) is 0 Å². The molecule has 0 radical (unpaired) electrons. The van der Waals surface area contributed by atoms with Gasteiger partial charge in [-0.05, 0) is 72.3 Å². The van der Waals surface area contributed by atoms with Crippen molar-refractivity contribution in [3.05, 3.63) is 70.5 Å². The van der Waals surface area contributed by atoms with E-state index >= 15 is 0 Å². The number of rotatable bonds is 0. The second kappa shape index (κ2) is 10.2. The van der Waals surface area contributed by atoms with E-state index in [2.05, 4.69) is 50.1 Å². The fourth-order valence-corrected chi connectivity index (χ4v) is 2.48. The largest absolute Gasteiger partial charge is 0.306 e. The van der Waals surface area contributed by atoms with Gasteiger partial charge in [0, 0.05) is 0 Å². The lowest BCUT2D eigenvalue weighted by atomic mass is 10.1. The standard InChI is InChI=1S/C8H9F.C8H10.C5H11N/c1-6-3-4-8(9)7(2)5-6;1-7-4-3-5-8(2)6-7;1-6-4-2-3-5-6/h3-5H,1-2H3;3-6H,1-2H3;2-5H2,1H3. The molecule has 0 aliphatic carbocycles. The van der Waals surface area contributed by atoms with Gasteiger partial charge in [-0.25, -0.2) is 4.39 Å². The topological polar surface area (TPSA) is 3.24 Å². The first-order valence-corrected chi connectivity index (χ1v) is 8.33. The molecule has 3 rings (SSSR count). The van der Waals surface area contributed by atoms with Crippen molar-refractivity contribution in [2.45, 2.75) is 40.5 Å². The van der Waals surface area contributed by atoms with E-state index in [1.165, 1.54) is 43.1 Å². The molecule has 1 nitrogen and oxygen atoms in total. The van der Waals surface area contributed by atoms with Crippen molar-refractivity contribution in [3.8, 4) is 0 Å². The van der Waals surface area contributed by atoms with Gasteiger partial charge in [0.25, 0.3) is 0 Å². The third-order valence-corrected chi connectivity index (χ3v) is 3.82. The fourth-order valence-electron chi connectivity index (χ4n) is 2.48. The first-order valence-electron chi connectivity index (χ1n) is 8.33. The van der Waals surface area contributed by atoms with Gasteiger partial charge in [0.1, 0.15) is 5.82 Å². The number of hydrogen-bond acceptors (Lipinski definition) is 1. The van der Waals surface area contributed by atoms with Gasteiger partial charge in [0.15, 0.2) is 0 Å². The van der Waals surface area contributed by atoms with Gasteiger partial charge in [0.2, 0.25) is 0 Å².